The molecule has 1 aliphatic rings. The zero-order chi connectivity index (χ0) is 15.1. The van der Waals surface area contributed by atoms with Crippen LogP contribution in [0.5, 0.6) is 0 Å². The maximum Gasteiger partial charge on any atom is 0.337 e. The summed E-state index contributed by atoms with van der Waals surface area (Å²) in [4.78, 5) is 10.7. The van der Waals surface area contributed by atoms with Crippen LogP contribution < -0.4 is 0 Å². The summed E-state index contributed by atoms with van der Waals surface area (Å²) in [5, 5.41) is 27.6. The summed E-state index contributed by atoms with van der Waals surface area (Å²) in [7, 11) is -3.99. The minimum atomic E-state index is -3.99. The number of halogens is 1. The molecule has 0 bridgehead atoms. The fourth-order valence-corrected chi connectivity index (χ4v) is 3.61. The molecule has 0 spiro atoms. The minimum absolute atomic E-state index is 0.0714. The number of hydrogen-bond donors (Lipinski definition) is 3. The molecule has 3 N–H and O–H groups in total. The van der Waals surface area contributed by atoms with Crippen LogP contribution in [0.2, 0.25) is 5.02 Å². The van der Waals surface area contributed by atoms with E-state index in [1.165, 1.54) is 12.1 Å². The molecule has 1 aromatic carbocycles. The number of aromatic carboxylic acids is 1. The van der Waals surface area contributed by atoms with Gasteiger partial charge in [-0.3, -0.25) is 0 Å². The summed E-state index contributed by atoms with van der Waals surface area (Å²) < 4.78 is 25.5. The fraction of sp³-hybridized carbons (Fsp3) is 0.364. The lowest BCUT2D eigenvalue weighted by Gasteiger charge is -2.16. The van der Waals surface area contributed by atoms with Crippen molar-refractivity contribution in [1.82, 2.24) is 4.31 Å². The maximum atomic E-state index is 12.3. The second-order valence-corrected chi connectivity index (χ2v) is 6.75. The Kier molecular flexibility index (Phi) is 4.03. The zero-order valence-electron chi connectivity index (χ0n) is 10.1. The maximum absolute atomic E-state index is 12.3. The topological polar surface area (TPSA) is 115 Å². The second kappa shape index (κ2) is 5.30. The Morgan fingerprint density at radius 1 is 1.25 bits per heavy atom. The molecule has 7 nitrogen and oxygen atoms in total. The van der Waals surface area contributed by atoms with E-state index in [0.717, 1.165) is 10.4 Å². The normalized spacial score (nSPS) is 23.9. The highest BCUT2D eigenvalue weighted by Gasteiger charge is 2.37. The SMILES string of the molecule is O=C(O)c1cc(S(=O)(=O)N2C[C@@H](O)[C@@H](O)C2)ccc1Cl. The van der Waals surface area contributed by atoms with Gasteiger partial charge in [0.1, 0.15) is 0 Å². The van der Waals surface area contributed by atoms with Gasteiger partial charge < -0.3 is 15.3 Å². The largest absolute Gasteiger partial charge is 0.478 e. The van der Waals surface area contributed by atoms with Gasteiger partial charge in [-0.25, -0.2) is 13.2 Å². The first kappa shape index (κ1) is 15.2. The first-order chi connectivity index (χ1) is 9.23. The standard InChI is InChI=1S/C11H12ClNO6S/c12-8-2-1-6(3-7(8)11(16)17)20(18,19)13-4-9(14)10(15)5-13/h1-3,9-10,14-15H,4-5H2,(H,16,17)/t9-,10+. The lowest BCUT2D eigenvalue weighted by molar-refractivity contribution is 0.0572. The van der Waals surface area contributed by atoms with Crippen LogP contribution in [0.15, 0.2) is 23.1 Å². The molecule has 0 amide bonds. The monoisotopic (exact) mass is 321 g/mol. The molecule has 0 radical (unpaired) electrons. The van der Waals surface area contributed by atoms with Gasteiger partial charge in [0.15, 0.2) is 0 Å². The fourth-order valence-electron chi connectivity index (χ4n) is 1.91. The number of nitrogens with zero attached hydrogens (tertiary/aromatic N) is 1. The number of hydrogen-bond acceptors (Lipinski definition) is 5. The predicted molar refractivity (Wildman–Crippen MR) is 69.2 cm³/mol. The molecule has 0 aliphatic carbocycles. The zero-order valence-corrected chi connectivity index (χ0v) is 11.7. The molecule has 2 rings (SSSR count). The average molecular weight is 322 g/mol. The summed E-state index contributed by atoms with van der Waals surface area (Å²) in [5.74, 6) is -1.34. The second-order valence-electron chi connectivity index (χ2n) is 4.40. The summed E-state index contributed by atoms with van der Waals surface area (Å²) in [6, 6.07) is 3.32. The van der Waals surface area contributed by atoms with Crippen molar-refractivity contribution in [3.8, 4) is 0 Å². The van der Waals surface area contributed by atoms with E-state index < -0.39 is 28.2 Å². The van der Waals surface area contributed by atoms with Gasteiger partial charge in [0.2, 0.25) is 10.0 Å². The Morgan fingerprint density at radius 3 is 2.30 bits per heavy atom. The number of sulfonamides is 1. The predicted octanol–water partition coefficient (Wildman–Crippen LogP) is -0.236. The molecule has 1 saturated heterocycles. The van der Waals surface area contributed by atoms with Crippen LogP contribution in [0, 0.1) is 0 Å². The highest BCUT2D eigenvalue weighted by molar-refractivity contribution is 7.89. The van der Waals surface area contributed by atoms with Gasteiger partial charge in [0, 0.05) is 13.1 Å². The van der Waals surface area contributed by atoms with Crippen molar-refractivity contribution in [3.05, 3.63) is 28.8 Å². The molecule has 20 heavy (non-hydrogen) atoms. The molecule has 1 aliphatic heterocycles. The molecule has 0 saturated carbocycles. The summed E-state index contributed by atoms with van der Waals surface area (Å²) in [6.45, 7) is -0.483. The number of rotatable bonds is 3. The van der Waals surface area contributed by atoms with Gasteiger partial charge in [-0.05, 0) is 18.2 Å². The molecule has 2 atom stereocenters. The minimum Gasteiger partial charge on any atom is -0.478 e. The molecule has 0 unspecified atom stereocenters. The molecule has 1 heterocycles. The first-order valence-corrected chi connectivity index (χ1v) is 7.44. The molecule has 110 valence electrons. The van der Waals surface area contributed by atoms with E-state index >= 15 is 0 Å². The third kappa shape index (κ3) is 2.65. The van der Waals surface area contributed by atoms with Crippen molar-refractivity contribution >= 4 is 27.6 Å². The van der Waals surface area contributed by atoms with Crippen LogP contribution in [-0.4, -0.2) is 59.3 Å². The van der Waals surface area contributed by atoms with Crippen LogP contribution >= 0.6 is 11.6 Å². The van der Waals surface area contributed by atoms with Gasteiger partial charge in [-0.2, -0.15) is 4.31 Å². The van der Waals surface area contributed by atoms with E-state index in [0.29, 0.717) is 0 Å². The number of carboxylic acids is 1. The van der Waals surface area contributed by atoms with E-state index in [-0.39, 0.29) is 28.6 Å². The van der Waals surface area contributed by atoms with Crippen LogP contribution in [0.25, 0.3) is 0 Å². The number of benzene rings is 1. The van der Waals surface area contributed by atoms with Crippen molar-refractivity contribution in [2.45, 2.75) is 17.1 Å². The van der Waals surface area contributed by atoms with Crippen molar-refractivity contribution < 1.29 is 28.5 Å². The van der Waals surface area contributed by atoms with Gasteiger partial charge in [-0.1, -0.05) is 11.6 Å². The Labute approximate surface area is 120 Å². The van der Waals surface area contributed by atoms with E-state index in [4.69, 9.17) is 16.7 Å². The van der Waals surface area contributed by atoms with Crippen molar-refractivity contribution in [2.75, 3.05) is 13.1 Å². The Balaban J connectivity index is 2.40. The van der Waals surface area contributed by atoms with E-state index in [1.807, 2.05) is 0 Å². The molecule has 9 heteroatoms. The highest BCUT2D eigenvalue weighted by Crippen LogP contribution is 2.25. The van der Waals surface area contributed by atoms with Gasteiger partial charge in [0.05, 0.1) is 27.7 Å². The Hall–Kier alpha value is -1.19. The van der Waals surface area contributed by atoms with Crippen molar-refractivity contribution in [3.63, 3.8) is 0 Å². The summed E-state index contributed by atoms with van der Waals surface area (Å²) in [5.41, 5.74) is -0.326. The molecular weight excluding hydrogens is 310 g/mol. The summed E-state index contributed by atoms with van der Waals surface area (Å²) >= 11 is 5.68. The van der Waals surface area contributed by atoms with Gasteiger partial charge >= 0.3 is 5.97 Å². The van der Waals surface area contributed by atoms with Gasteiger partial charge in [-0.15, -0.1) is 0 Å². The van der Waals surface area contributed by atoms with Crippen LogP contribution in [0.3, 0.4) is 0 Å². The number of carboxylic acid groups (broad SMARTS) is 1. The first-order valence-electron chi connectivity index (χ1n) is 5.62. The van der Waals surface area contributed by atoms with E-state index in [2.05, 4.69) is 0 Å². The van der Waals surface area contributed by atoms with Crippen molar-refractivity contribution in [2.24, 2.45) is 0 Å². The third-order valence-corrected chi connectivity index (χ3v) is 5.19. The van der Waals surface area contributed by atoms with Crippen LogP contribution in [-0.2, 0) is 10.0 Å². The number of aliphatic hydroxyl groups is 2. The Morgan fingerprint density at radius 2 is 1.80 bits per heavy atom. The number of aliphatic hydroxyl groups excluding tert-OH is 2. The molecular formula is C11H12ClNO6S. The van der Waals surface area contributed by atoms with Gasteiger partial charge in [0.25, 0.3) is 0 Å². The third-order valence-electron chi connectivity index (χ3n) is 3.03. The highest BCUT2D eigenvalue weighted by atomic mass is 35.5. The van der Waals surface area contributed by atoms with E-state index in [1.54, 1.807) is 0 Å². The summed E-state index contributed by atoms with van der Waals surface area (Å²) in [6.07, 6.45) is -2.31. The average Bonchev–Trinajstić information content (AvgIpc) is 2.70. The Bertz CT molecular complexity index is 636. The van der Waals surface area contributed by atoms with Crippen molar-refractivity contribution in [1.29, 1.82) is 0 Å². The smallest absolute Gasteiger partial charge is 0.337 e. The number of β-amino-alcohol motifs (C(OH)–C–C–N with tert-alkyl or cyclic N) is 2. The lowest BCUT2D eigenvalue weighted by Crippen LogP contribution is -2.30. The quantitative estimate of drug-likeness (QED) is 0.708. The molecule has 1 aromatic rings. The van der Waals surface area contributed by atoms with E-state index in [9.17, 15) is 23.4 Å². The number of carbonyl (C=O) groups is 1. The molecule has 0 aromatic heterocycles. The lowest BCUT2D eigenvalue weighted by atomic mass is 10.2. The van der Waals surface area contributed by atoms with Crippen LogP contribution in [0.1, 0.15) is 10.4 Å². The van der Waals surface area contributed by atoms with Crippen LogP contribution in [0.4, 0.5) is 0 Å². The molecule has 1 fully saturated rings.